The Labute approximate surface area is 192 Å². The first-order chi connectivity index (χ1) is 15.1. The number of amides is 1. The molecule has 6 nitrogen and oxygen atoms in total. The van der Waals surface area contributed by atoms with Gasteiger partial charge in [0.15, 0.2) is 5.96 Å². The highest BCUT2D eigenvalue weighted by Crippen LogP contribution is 2.27. The first-order valence-corrected chi connectivity index (χ1v) is 12.8. The van der Waals surface area contributed by atoms with Crippen molar-refractivity contribution in [3.8, 4) is 0 Å². The van der Waals surface area contributed by atoms with Crippen molar-refractivity contribution >= 4 is 23.6 Å². The van der Waals surface area contributed by atoms with Crippen LogP contribution in [0, 0.1) is 5.92 Å². The maximum Gasteiger partial charge on any atom is 0.225 e. The number of nitrogens with zero attached hydrogens (tertiary/aromatic N) is 3. The summed E-state index contributed by atoms with van der Waals surface area (Å²) in [5, 5.41) is 7.07. The molecule has 1 amide bonds. The molecule has 1 aromatic rings. The summed E-state index contributed by atoms with van der Waals surface area (Å²) in [5.74, 6) is 3.63. The SMILES string of the molecule is CN=C(NCC(C)N(C)Cc1ccccc1)NC1CCC(C(=O)N2CCSCC2)CC1. The van der Waals surface area contributed by atoms with E-state index in [4.69, 9.17) is 0 Å². The minimum absolute atomic E-state index is 0.211. The Balaban J connectivity index is 1.37. The van der Waals surface area contributed by atoms with Crippen molar-refractivity contribution < 1.29 is 4.79 Å². The summed E-state index contributed by atoms with van der Waals surface area (Å²) in [6, 6.07) is 11.3. The number of guanidine groups is 1. The standard InChI is InChI=1S/C24H39N5OS/c1-19(28(3)18-20-7-5-4-6-8-20)17-26-24(25-2)27-22-11-9-21(10-12-22)23(30)29-13-15-31-16-14-29/h4-8,19,21-22H,9-18H2,1-3H3,(H2,25,26,27). The zero-order valence-electron chi connectivity index (χ0n) is 19.3. The van der Waals surface area contributed by atoms with Gasteiger partial charge in [-0.2, -0.15) is 11.8 Å². The van der Waals surface area contributed by atoms with Crippen LogP contribution < -0.4 is 10.6 Å². The number of rotatable bonds is 7. The number of carbonyl (C=O) groups is 1. The third-order valence-corrected chi connectivity index (χ3v) is 7.50. The number of likely N-dealkylation sites (N-methyl/N-ethyl adjacent to an activating group) is 1. The zero-order chi connectivity index (χ0) is 22.1. The summed E-state index contributed by atoms with van der Waals surface area (Å²) >= 11 is 1.95. The van der Waals surface area contributed by atoms with Crippen LogP contribution in [-0.4, -0.2) is 79.0 Å². The number of hydrogen-bond acceptors (Lipinski definition) is 4. The van der Waals surface area contributed by atoms with Gasteiger partial charge in [-0.1, -0.05) is 30.3 Å². The van der Waals surface area contributed by atoms with Gasteiger partial charge in [-0.05, 0) is 45.2 Å². The molecule has 1 heterocycles. The average Bonchev–Trinajstić information content (AvgIpc) is 2.82. The van der Waals surface area contributed by atoms with E-state index in [1.165, 1.54) is 5.56 Å². The van der Waals surface area contributed by atoms with Crippen molar-refractivity contribution in [2.45, 2.75) is 51.2 Å². The molecule has 172 valence electrons. The quantitative estimate of drug-likeness (QED) is 0.499. The Bertz CT molecular complexity index is 699. The highest BCUT2D eigenvalue weighted by atomic mass is 32.2. The monoisotopic (exact) mass is 445 g/mol. The van der Waals surface area contributed by atoms with Crippen molar-refractivity contribution in [1.82, 2.24) is 20.4 Å². The van der Waals surface area contributed by atoms with Crippen LogP contribution in [0.25, 0.3) is 0 Å². The van der Waals surface area contributed by atoms with E-state index >= 15 is 0 Å². The zero-order valence-corrected chi connectivity index (χ0v) is 20.2. The van der Waals surface area contributed by atoms with Gasteiger partial charge in [-0.25, -0.2) is 0 Å². The van der Waals surface area contributed by atoms with E-state index in [9.17, 15) is 4.79 Å². The number of hydrogen-bond donors (Lipinski definition) is 2. The molecule has 7 heteroatoms. The van der Waals surface area contributed by atoms with E-state index in [0.29, 0.717) is 18.0 Å². The van der Waals surface area contributed by atoms with Crippen molar-refractivity contribution in [1.29, 1.82) is 0 Å². The number of carbonyl (C=O) groups excluding carboxylic acids is 1. The van der Waals surface area contributed by atoms with Crippen molar-refractivity contribution in [2.75, 3.05) is 45.2 Å². The molecule has 0 radical (unpaired) electrons. The molecule has 2 fully saturated rings. The summed E-state index contributed by atoms with van der Waals surface area (Å²) in [7, 11) is 3.99. The Morgan fingerprint density at radius 3 is 2.52 bits per heavy atom. The molecular weight excluding hydrogens is 406 g/mol. The fourth-order valence-electron chi connectivity index (χ4n) is 4.34. The normalized spacial score (nSPS) is 23.5. The molecule has 1 unspecified atom stereocenters. The van der Waals surface area contributed by atoms with Crippen LogP contribution in [0.2, 0.25) is 0 Å². The molecule has 1 atom stereocenters. The molecule has 1 aromatic carbocycles. The summed E-state index contributed by atoms with van der Waals surface area (Å²) in [6.45, 7) is 5.86. The Morgan fingerprint density at radius 2 is 1.87 bits per heavy atom. The second-order valence-electron chi connectivity index (χ2n) is 8.83. The van der Waals surface area contributed by atoms with Crippen LogP contribution >= 0.6 is 11.8 Å². The van der Waals surface area contributed by atoms with Crippen molar-refractivity contribution in [3.05, 3.63) is 35.9 Å². The van der Waals surface area contributed by atoms with Gasteiger partial charge in [-0.15, -0.1) is 0 Å². The third-order valence-electron chi connectivity index (χ3n) is 6.56. The van der Waals surface area contributed by atoms with Crippen LogP contribution in [0.4, 0.5) is 0 Å². The number of thioether (sulfide) groups is 1. The minimum atomic E-state index is 0.211. The predicted molar refractivity (Wildman–Crippen MR) is 132 cm³/mol. The molecule has 0 bridgehead atoms. The summed E-state index contributed by atoms with van der Waals surface area (Å²) in [5.41, 5.74) is 1.33. The molecule has 2 aliphatic rings. The highest BCUT2D eigenvalue weighted by Gasteiger charge is 2.30. The maximum absolute atomic E-state index is 12.8. The number of nitrogens with one attached hydrogen (secondary N) is 2. The number of aliphatic imine (C=N–C) groups is 1. The van der Waals surface area contributed by atoms with Crippen LogP contribution in [0.3, 0.4) is 0 Å². The fourth-order valence-corrected chi connectivity index (χ4v) is 5.25. The van der Waals surface area contributed by atoms with Gasteiger partial charge in [0, 0.05) is 62.7 Å². The topological polar surface area (TPSA) is 60.0 Å². The molecule has 0 aromatic heterocycles. The van der Waals surface area contributed by atoms with E-state index in [1.807, 2.05) is 18.8 Å². The Kier molecular flexibility index (Phi) is 9.53. The predicted octanol–water partition coefficient (Wildman–Crippen LogP) is 2.81. The van der Waals surface area contributed by atoms with Crippen LogP contribution in [0.5, 0.6) is 0 Å². The van der Waals surface area contributed by atoms with E-state index in [2.05, 4.69) is 69.7 Å². The lowest BCUT2D eigenvalue weighted by molar-refractivity contribution is -0.136. The Hall–Kier alpha value is -1.73. The first-order valence-electron chi connectivity index (χ1n) is 11.6. The van der Waals surface area contributed by atoms with Crippen LogP contribution in [0.1, 0.15) is 38.2 Å². The van der Waals surface area contributed by atoms with E-state index in [0.717, 1.165) is 69.3 Å². The summed E-state index contributed by atoms with van der Waals surface area (Å²) < 4.78 is 0. The second-order valence-corrected chi connectivity index (χ2v) is 10.1. The molecule has 2 N–H and O–H groups in total. The van der Waals surface area contributed by atoms with E-state index in [-0.39, 0.29) is 5.92 Å². The molecule has 1 saturated carbocycles. The smallest absolute Gasteiger partial charge is 0.225 e. The van der Waals surface area contributed by atoms with Gasteiger partial charge in [0.05, 0.1) is 0 Å². The molecular formula is C24H39N5OS. The van der Waals surface area contributed by atoms with Gasteiger partial charge in [-0.3, -0.25) is 14.7 Å². The molecule has 3 rings (SSSR count). The van der Waals surface area contributed by atoms with E-state index < -0.39 is 0 Å². The van der Waals surface area contributed by atoms with Crippen LogP contribution in [0.15, 0.2) is 35.3 Å². The summed E-state index contributed by atoms with van der Waals surface area (Å²) in [4.78, 5) is 21.6. The first kappa shape index (κ1) is 23.9. The maximum atomic E-state index is 12.8. The molecule has 1 aliphatic carbocycles. The van der Waals surface area contributed by atoms with E-state index in [1.54, 1.807) is 0 Å². The van der Waals surface area contributed by atoms with Gasteiger partial charge >= 0.3 is 0 Å². The largest absolute Gasteiger partial charge is 0.355 e. The summed E-state index contributed by atoms with van der Waals surface area (Å²) in [6.07, 6.45) is 4.02. The lowest BCUT2D eigenvalue weighted by atomic mass is 9.85. The molecule has 1 aliphatic heterocycles. The molecule has 31 heavy (non-hydrogen) atoms. The third kappa shape index (κ3) is 7.42. The fraction of sp³-hybridized carbons (Fsp3) is 0.667. The number of benzene rings is 1. The van der Waals surface area contributed by atoms with Gasteiger partial charge < -0.3 is 15.5 Å². The molecule has 1 saturated heterocycles. The lowest BCUT2D eigenvalue weighted by Gasteiger charge is -2.34. The minimum Gasteiger partial charge on any atom is -0.355 e. The molecule has 0 spiro atoms. The second kappa shape index (κ2) is 12.3. The van der Waals surface area contributed by atoms with Crippen molar-refractivity contribution in [2.24, 2.45) is 10.9 Å². The van der Waals surface area contributed by atoms with Gasteiger partial charge in [0.25, 0.3) is 0 Å². The highest BCUT2D eigenvalue weighted by molar-refractivity contribution is 7.99. The van der Waals surface area contributed by atoms with Crippen molar-refractivity contribution in [3.63, 3.8) is 0 Å². The van der Waals surface area contributed by atoms with Crippen LogP contribution in [-0.2, 0) is 11.3 Å². The lowest BCUT2D eigenvalue weighted by Crippen LogP contribution is -2.49. The van der Waals surface area contributed by atoms with Gasteiger partial charge in [0.2, 0.25) is 5.91 Å². The Morgan fingerprint density at radius 1 is 1.19 bits per heavy atom. The average molecular weight is 446 g/mol. The van der Waals surface area contributed by atoms with Gasteiger partial charge in [0.1, 0.15) is 0 Å².